The zero-order chi connectivity index (χ0) is 21.8. The van der Waals surface area contributed by atoms with Crippen LogP contribution in [0, 0.1) is 16.2 Å². The molecule has 2 nitrogen and oxygen atoms in total. The Morgan fingerprint density at radius 3 is 2.47 bits per heavy atom. The van der Waals surface area contributed by atoms with E-state index in [1.807, 2.05) is 24.3 Å². The fourth-order valence-corrected chi connectivity index (χ4v) is 5.65. The molecule has 2 unspecified atom stereocenters. The van der Waals surface area contributed by atoms with Crippen LogP contribution in [0.25, 0.3) is 6.08 Å². The number of fused-ring (bicyclic) bond motifs is 1. The summed E-state index contributed by atoms with van der Waals surface area (Å²) in [6.45, 7) is 12.2. The molecule has 0 saturated heterocycles. The highest BCUT2D eigenvalue weighted by molar-refractivity contribution is 5.89. The SMILES string of the molecule is CCCCCCOC(=O)c1ccc(/C=C(C)/C=C/C23CC2(C)CCCC3(C)C)cc1. The molecule has 0 aromatic heterocycles. The van der Waals surface area contributed by atoms with Crippen molar-refractivity contribution in [3.63, 3.8) is 0 Å². The molecule has 164 valence electrons. The lowest BCUT2D eigenvalue weighted by molar-refractivity contribution is 0.0498. The van der Waals surface area contributed by atoms with Gasteiger partial charge in [-0.05, 0) is 66.5 Å². The lowest BCUT2D eigenvalue weighted by Gasteiger charge is -2.41. The molecular formula is C28H40O2. The van der Waals surface area contributed by atoms with Gasteiger partial charge in [-0.2, -0.15) is 0 Å². The van der Waals surface area contributed by atoms with Crippen LogP contribution in [-0.4, -0.2) is 12.6 Å². The van der Waals surface area contributed by atoms with Crippen molar-refractivity contribution in [3.8, 4) is 0 Å². The van der Waals surface area contributed by atoms with Crippen molar-refractivity contribution in [1.29, 1.82) is 0 Å². The third-order valence-electron chi connectivity index (χ3n) is 7.76. The molecule has 2 heteroatoms. The summed E-state index contributed by atoms with van der Waals surface area (Å²) in [5.41, 5.74) is 4.24. The molecule has 0 N–H and O–H groups in total. The number of benzene rings is 1. The Balaban J connectivity index is 1.58. The van der Waals surface area contributed by atoms with E-state index in [0.29, 0.717) is 28.4 Å². The third-order valence-corrected chi connectivity index (χ3v) is 7.76. The minimum absolute atomic E-state index is 0.217. The number of hydrogen-bond donors (Lipinski definition) is 0. The maximum atomic E-state index is 12.2. The molecule has 0 heterocycles. The number of carbonyl (C=O) groups is 1. The van der Waals surface area contributed by atoms with Crippen molar-refractivity contribution in [1.82, 2.24) is 0 Å². The minimum atomic E-state index is -0.217. The summed E-state index contributed by atoms with van der Waals surface area (Å²) >= 11 is 0. The van der Waals surface area contributed by atoms with Gasteiger partial charge in [-0.1, -0.05) is 89.3 Å². The highest BCUT2D eigenvalue weighted by Gasteiger charge is 2.69. The maximum Gasteiger partial charge on any atom is 0.338 e. The van der Waals surface area contributed by atoms with Crippen LogP contribution in [-0.2, 0) is 4.74 Å². The Morgan fingerprint density at radius 1 is 1.07 bits per heavy atom. The van der Waals surface area contributed by atoms with Gasteiger partial charge in [-0.3, -0.25) is 0 Å². The first-order chi connectivity index (χ1) is 14.2. The topological polar surface area (TPSA) is 26.3 Å². The number of allylic oxidation sites excluding steroid dienone is 3. The summed E-state index contributed by atoms with van der Waals surface area (Å²) in [5.74, 6) is -0.217. The van der Waals surface area contributed by atoms with Gasteiger partial charge in [0.25, 0.3) is 0 Å². The molecule has 0 bridgehead atoms. The molecule has 2 atom stereocenters. The van der Waals surface area contributed by atoms with Crippen molar-refractivity contribution >= 4 is 12.0 Å². The normalized spacial score (nSPS) is 27.7. The number of rotatable bonds is 9. The first-order valence-corrected chi connectivity index (χ1v) is 11.9. The lowest BCUT2D eigenvalue weighted by Crippen LogP contribution is -2.32. The second-order valence-electron chi connectivity index (χ2n) is 10.5. The number of esters is 1. The monoisotopic (exact) mass is 408 g/mol. The Hall–Kier alpha value is -1.83. The van der Waals surface area contributed by atoms with E-state index in [0.717, 1.165) is 18.4 Å². The van der Waals surface area contributed by atoms with E-state index in [1.54, 1.807) is 0 Å². The van der Waals surface area contributed by atoms with E-state index in [4.69, 9.17) is 4.74 Å². The molecule has 2 aliphatic rings. The number of carbonyl (C=O) groups excluding carboxylic acids is 1. The van der Waals surface area contributed by atoms with Crippen molar-refractivity contribution in [3.05, 3.63) is 53.1 Å². The molecule has 0 spiro atoms. The largest absolute Gasteiger partial charge is 0.462 e. The standard InChI is InChI=1S/C28H40O2/c1-6-7-8-9-19-30-25(29)24-13-11-23(12-14-24)20-22(2)15-18-28-21-27(28,5)17-10-16-26(28,3)4/h11-15,18,20H,6-10,16-17,19,21H2,1-5H3/b18-15+,22-20+. The molecule has 30 heavy (non-hydrogen) atoms. The van der Waals surface area contributed by atoms with Gasteiger partial charge in [0.1, 0.15) is 0 Å². The fraction of sp³-hybridized carbons (Fsp3) is 0.607. The van der Waals surface area contributed by atoms with Crippen LogP contribution in [0.1, 0.15) is 102 Å². The van der Waals surface area contributed by atoms with E-state index in [1.165, 1.54) is 44.1 Å². The van der Waals surface area contributed by atoms with Gasteiger partial charge in [0.15, 0.2) is 0 Å². The summed E-state index contributed by atoms with van der Waals surface area (Å²) in [7, 11) is 0. The summed E-state index contributed by atoms with van der Waals surface area (Å²) in [4.78, 5) is 12.2. The first kappa shape index (κ1) is 22.8. The van der Waals surface area contributed by atoms with Crippen LogP contribution in [0.3, 0.4) is 0 Å². The fourth-order valence-electron chi connectivity index (χ4n) is 5.65. The number of ether oxygens (including phenoxy) is 1. The molecule has 0 aliphatic heterocycles. The molecular weight excluding hydrogens is 368 g/mol. The molecule has 1 aromatic rings. The van der Waals surface area contributed by atoms with Gasteiger partial charge in [-0.15, -0.1) is 0 Å². The zero-order valence-corrected chi connectivity index (χ0v) is 19.7. The molecule has 1 aromatic carbocycles. The van der Waals surface area contributed by atoms with E-state index in [2.05, 4.69) is 52.8 Å². The molecule has 0 radical (unpaired) electrons. The quantitative estimate of drug-likeness (QED) is 0.235. The Morgan fingerprint density at radius 2 is 1.80 bits per heavy atom. The first-order valence-electron chi connectivity index (χ1n) is 11.9. The molecule has 3 rings (SSSR count). The van der Waals surface area contributed by atoms with Gasteiger partial charge in [0.2, 0.25) is 0 Å². The number of unbranched alkanes of at least 4 members (excludes halogenated alkanes) is 3. The average molecular weight is 409 g/mol. The van der Waals surface area contributed by atoms with Crippen LogP contribution in [0.5, 0.6) is 0 Å². The van der Waals surface area contributed by atoms with Crippen molar-refractivity contribution < 1.29 is 9.53 Å². The Labute approximate surface area is 183 Å². The van der Waals surface area contributed by atoms with Crippen LogP contribution >= 0.6 is 0 Å². The summed E-state index contributed by atoms with van der Waals surface area (Å²) in [6, 6.07) is 7.76. The van der Waals surface area contributed by atoms with Crippen LogP contribution in [0.4, 0.5) is 0 Å². The highest BCUT2D eigenvalue weighted by atomic mass is 16.5. The van der Waals surface area contributed by atoms with Crippen molar-refractivity contribution in [2.24, 2.45) is 16.2 Å². The lowest BCUT2D eigenvalue weighted by atomic mass is 9.63. The molecule has 0 amide bonds. The van der Waals surface area contributed by atoms with Gasteiger partial charge in [0, 0.05) is 0 Å². The smallest absolute Gasteiger partial charge is 0.338 e. The highest BCUT2D eigenvalue weighted by Crippen LogP contribution is 2.78. The Kier molecular flexibility index (Phi) is 6.95. The van der Waals surface area contributed by atoms with E-state index in [-0.39, 0.29) is 5.97 Å². The second-order valence-corrected chi connectivity index (χ2v) is 10.5. The zero-order valence-electron chi connectivity index (χ0n) is 19.7. The minimum Gasteiger partial charge on any atom is -0.462 e. The third kappa shape index (κ3) is 4.74. The average Bonchev–Trinajstić information content (AvgIpc) is 3.34. The maximum absolute atomic E-state index is 12.2. The van der Waals surface area contributed by atoms with Gasteiger partial charge in [0.05, 0.1) is 12.2 Å². The van der Waals surface area contributed by atoms with Crippen molar-refractivity contribution in [2.75, 3.05) is 6.61 Å². The van der Waals surface area contributed by atoms with E-state index < -0.39 is 0 Å². The van der Waals surface area contributed by atoms with Crippen molar-refractivity contribution in [2.45, 2.75) is 86.0 Å². The van der Waals surface area contributed by atoms with Crippen LogP contribution in [0.2, 0.25) is 0 Å². The van der Waals surface area contributed by atoms with E-state index >= 15 is 0 Å². The van der Waals surface area contributed by atoms with Gasteiger partial charge >= 0.3 is 5.97 Å². The summed E-state index contributed by atoms with van der Waals surface area (Å²) in [5, 5.41) is 0. The van der Waals surface area contributed by atoms with Crippen LogP contribution in [0.15, 0.2) is 42.0 Å². The van der Waals surface area contributed by atoms with E-state index in [9.17, 15) is 4.79 Å². The van der Waals surface area contributed by atoms with Crippen LogP contribution < -0.4 is 0 Å². The summed E-state index contributed by atoms with van der Waals surface area (Å²) < 4.78 is 5.38. The summed E-state index contributed by atoms with van der Waals surface area (Å²) in [6.07, 6.45) is 16.8. The van der Waals surface area contributed by atoms with Gasteiger partial charge < -0.3 is 4.74 Å². The number of hydrogen-bond acceptors (Lipinski definition) is 2. The Bertz CT molecular complexity index is 798. The predicted molar refractivity (Wildman–Crippen MR) is 126 cm³/mol. The molecule has 2 fully saturated rings. The second kappa shape index (κ2) is 9.12. The molecule has 2 aliphatic carbocycles. The van der Waals surface area contributed by atoms with Gasteiger partial charge in [-0.25, -0.2) is 4.79 Å². The predicted octanol–water partition coefficient (Wildman–Crippen LogP) is 7.99. The molecule has 2 saturated carbocycles.